The van der Waals surface area contributed by atoms with Gasteiger partial charge in [-0.3, -0.25) is 9.59 Å². The maximum atomic E-state index is 12.8. The summed E-state index contributed by atoms with van der Waals surface area (Å²) in [7, 11) is 0. The third-order valence-corrected chi connectivity index (χ3v) is 6.14. The van der Waals surface area contributed by atoms with E-state index in [4.69, 9.17) is 0 Å². The number of carbonyl (C=O) groups is 1. The molecule has 1 aromatic heterocycles. The molecule has 3 aromatic carbocycles. The number of aromatic amines is 1. The zero-order chi connectivity index (χ0) is 22.5. The number of rotatable bonds is 7. The Bertz CT molecular complexity index is 1240. The fourth-order valence-electron chi connectivity index (χ4n) is 4.15. The van der Waals surface area contributed by atoms with E-state index in [0.29, 0.717) is 24.9 Å². The van der Waals surface area contributed by atoms with Gasteiger partial charge in [-0.15, -0.1) is 0 Å². The third kappa shape index (κ3) is 4.80. The molecule has 0 saturated heterocycles. The second-order valence-electron chi connectivity index (χ2n) is 8.27. The first-order valence-corrected chi connectivity index (χ1v) is 11.0. The minimum absolute atomic E-state index is 0.00677. The highest BCUT2D eigenvalue weighted by Gasteiger charge is 2.18. The van der Waals surface area contributed by atoms with Crippen LogP contribution in [0.3, 0.4) is 0 Å². The van der Waals surface area contributed by atoms with Crippen LogP contribution in [0.5, 0.6) is 0 Å². The number of benzene rings is 3. The Balaban J connectivity index is 1.44. The average molecular weight is 425 g/mol. The van der Waals surface area contributed by atoms with E-state index in [1.54, 1.807) is 0 Å². The lowest BCUT2D eigenvalue weighted by Crippen LogP contribution is -2.28. The molecule has 162 valence electrons. The number of fused-ring (bicyclic) bond motifs is 1. The molecule has 0 radical (unpaired) electrons. The van der Waals surface area contributed by atoms with Crippen LogP contribution in [0.25, 0.3) is 10.9 Å². The zero-order valence-electron chi connectivity index (χ0n) is 18.5. The Kier molecular flexibility index (Phi) is 6.50. The molecule has 32 heavy (non-hydrogen) atoms. The fraction of sp³-hybridized carbons (Fsp3) is 0.214. The second-order valence-corrected chi connectivity index (χ2v) is 8.27. The fourth-order valence-corrected chi connectivity index (χ4v) is 4.15. The van der Waals surface area contributed by atoms with Gasteiger partial charge in [-0.2, -0.15) is 0 Å². The van der Waals surface area contributed by atoms with Gasteiger partial charge >= 0.3 is 0 Å². The summed E-state index contributed by atoms with van der Waals surface area (Å²) >= 11 is 0. The van der Waals surface area contributed by atoms with E-state index >= 15 is 0 Å². The predicted molar refractivity (Wildman–Crippen MR) is 130 cm³/mol. The lowest BCUT2D eigenvalue weighted by Gasteiger charge is -2.18. The van der Waals surface area contributed by atoms with Gasteiger partial charge in [0, 0.05) is 24.4 Å². The van der Waals surface area contributed by atoms with Crippen molar-refractivity contribution >= 4 is 16.8 Å². The summed E-state index contributed by atoms with van der Waals surface area (Å²) in [6.45, 7) is 4.48. The highest BCUT2D eigenvalue weighted by Crippen LogP contribution is 2.27. The number of nitrogens with one attached hydrogen (secondary N) is 2. The van der Waals surface area contributed by atoms with Gasteiger partial charge in [0.25, 0.3) is 5.56 Å². The van der Waals surface area contributed by atoms with Crippen molar-refractivity contribution in [2.45, 2.75) is 32.6 Å². The monoisotopic (exact) mass is 424 g/mol. The van der Waals surface area contributed by atoms with Gasteiger partial charge in [0.05, 0.1) is 5.52 Å². The first-order chi connectivity index (χ1) is 15.5. The molecule has 0 aliphatic heterocycles. The molecule has 0 fully saturated rings. The van der Waals surface area contributed by atoms with Crippen LogP contribution in [0.2, 0.25) is 0 Å². The van der Waals surface area contributed by atoms with Gasteiger partial charge in [-0.1, -0.05) is 72.8 Å². The molecule has 0 bridgehead atoms. The van der Waals surface area contributed by atoms with Crippen molar-refractivity contribution in [2.75, 3.05) is 6.54 Å². The van der Waals surface area contributed by atoms with Crippen molar-refractivity contribution in [3.63, 3.8) is 0 Å². The number of amides is 1. The van der Waals surface area contributed by atoms with E-state index in [0.717, 1.165) is 33.2 Å². The van der Waals surface area contributed by atoms with Gasteiger partial charge in [-0.25, -0.2) is 0 Å². The molecule has 1 amide bonds. The van der Waals surface area contributed by atoms with E-state index in [1.807, 2.05) is 62.4 Å². The number of carbonyl (C=O) groups excluding carboxylic acids is 1. The lowest BCUT2D eigenvalue weighted by molar-refractivity contribution is -0.121. The second kappa shape index (κ2) is 9.65. The van der Waals surface area contributed by atoms with Gasteiger partial charge in [0.1, 0.15) is 0 Å². The number of aryl methyl sites for hydroxylation is 2. The summed E-state index contributed by atoms with van der Waals surface area (Å²) < 4.78 is 0. The molecule has 4 heteroatoms. The van der Waals surface area contributed by atoms with Crippen LogP contribution in [0.1, 0.15) is 40.2 Å². The molecule has 0 spiro atoms. The number of hydrogen-bond acceptors (Lipinski definition) is 2. The Morgan fingerprint density at radius 2 is 1.53 bits per heavy atom. The van der Waals surface area contributed by atoms with Gasteiger partial charge < -0.3 is 10.3 Å². The number of aromatic nitrogens is 1. The van der Waals surface area contributed by atoms with Gasteiger partial charge in [0.2, 0.25) is 5.91 Å². The van der Waals surface area contributed by atoms with Gasteiger partial charge in [0.15, 0.2) is 0 Å². The van der Waals surface area contributed by atoms with Crippen molar-refractivity contribution < 1.29 is 4.79 Å². The molecule has 0 atom stereocenters. The molecule has 0 unspecified atom stereocenters. The van der Waals surface area contributed by atoms with Crippen LogP contribution in [0.15, 0.2) is 83.7 Å². The quantitative estimate of drug-likeness (QED) is 0.437. The highest BCUT2D eigenvalue weighted by molar-refractivity contribution is 5.83. The highest BCUT2D eigenvalue weighted by atomic mass is 16.1. The first-order valence-electron chi connectivity index (χ1n) is 11.0. The number of H-pyrrole nitrogens is 1. The van der Waals surface area contributed by atoms with E-state index in [2.05, 4.69) is 40.6 Å². The summed E-state index contributed by atoms with van der Waals surface area (Å²) in [5.41, 5.74) is 5.95. The number of pyridine rings is 1. The molecule has 4 rings (SSSR count). The van der Waals surface area contributed by atoms with Crippen LogP contribution in [-0.2, 0) is 11.2 Å². The maximum absolute atomic E-state index is 12.8. The molecule has 0 aliphatic carbocycles. The minimum Gasteiger partial charge on any atom is -0.356 e. The maximum Gasteiger partial charge on any atom is 0.251 e. The third-order valence-electron chi connectivity index (χ3n) is 6.14. The van der Waals surface area contributed by atoms with Gasteiger partial charge in [-0.05, 0) is 54.0 Å². The predicted octanol–water partition coefficient (Wildman–Crippen LogP) is 5.03. The van der Waals surface area contributed by atoms with Crippen LogP contribution in [0, 0.1) is 13.8 Å². The largest absolute Gasteiger partial charge is 0.356 e. The zero-order valence-corrected chi connectivity index (χ0v) is 18.5. The molecule has 0 aliphatic rings. The van der Waals surface area contributed by atoms with Crippen molar-refractivity contribution in [3.05, 3.63) is 117 Å². The normalized spacial score (nSPS) is 11.1. The van der Waals surface area contributed by atoms with Crippen molar-refractivity contribution in [1.82, 2.24) is 10.3 Å². The summed E-state index contributed by atoms with van der Waals surface area (Å²) in [6.07, 6.45) is 0.853. The van der Waals surface area contributed by atoms with E-state index in [9.17, 15) is 9.59 Å². The van der Waals surface area contributed by atoms with E-state index < -0.39 is 0 Å². The average Bonchev–Trinajstić information content (AvgIpc) is 2.82. The number of hydrogen-bond donors (Lipinski definition) is 2. The molecule has 2 N–H and O–H groups in total. The molecule has 4 nitrogen and oxygen atoms in total. The van der Waals surface area contributed by atoms with Crippen LogP contribution in [0.4, 0.5) is 0 Å². The topological polar surface area (TPSA) is 62.0 Å². The lowest BCUT2D eigenvalue weighted by atomic mass is 9.88. The van der Waals surface area contributed by atoms with Crippen molar-refractivity contribution in [1.29, 1.82) is 0 Å². The molecule has 0 saturated carbocycles. The SMILES string of the molecule is Cc1ccc2cc(CCNC(=O)CC(c3ccccc3)c3ccccc3)c(=O)[nH]c2c1C. The van der Waals surface area contributed by atoms with Crippen LogP contribution in [-0.4, -0.2) is 17.4 Å². The summed E-state index contributed by atoms with van der Waals surface area (Å²) in [4.78, 5) is 28.3. The standard InChI is InChI=1S/C28H28N2O2/c1-19-13-14-23-17-24(28(32)30-27(23)20(19)2)15-16-29-26(31)18-25(21-9-5-3-6-10-21)22-11-7-4-8-12-22/h3-14,17,25H,15-16,18H2,1-2H3,(H,29,31)(H,30,32). The first kappa shape index (κ1) is 21.6. The minimum atomic E-state index is -0.0908. The Morgan fingerprint density at radius 3 is 2.16 bits per heavy atom. The van der Waals surface area contributed by atoms with Crippen molar-refractivity contribution in [3.8, 4) is 0 Å². The molecule has 4 aromatic rings. The van der Waals surface area contributed by atoms with E-state index in [1.165, 1.54) is 0 Å². The Hall–Kier alpha value is -3.66. The van der Waals surface area contributed by atoms with Crippen LogP contribution < -0.4 is 10.9 Å². The Labute approximate surface area is 188 Å². The smallest absolute Gasteiger partial charge is 0.251 e. The summed E-state index contributed by atoms with van der Waals surface area (Å²) in [5.74, 6) is -0.0286. The molecule has 1 heterocycles. The molecular formula is C28H28N2O2. The van der Waals surface area contributed by atoms with Crippen molar-refractivity contribution in [2.24, 2.45) is 0 Å². The van der Waals surface area contributed by atoms with E-state index in [-0.39, 0.29) is 17.4 Å². The summed E-state index contributed by atoms with van der Waals surface area (Å²) in [5, 5.41) is 4.02. The molecular weight excluding hydrogens is 396 g/mol. The Morgan fingerprint density at radius 1 is 0.906 bits per heavy atom. The van der Waals surface area contributed by atoms with Crippen LogP contribution >= 0.6 is 0 Å². The summed E-state index contributed by atoms with van der Waals surface area (Å²) in [6, 6.07) is 26.2.